The average Bonchev–Trinajstić information content (AvgIpc) is 3.36. The van der Waals surface area contributed by atoms with Crippen molar-refractivity contribution < 1.29 is 0 Å². The van der Waals surface area contributed by atoms with Crippen molar-refractivity contribution >= 4 is 16.6 Å². The number of piperidine rings is 1. The highest BCUT2D eigenvalue weighted by Gasteiger charge is 2.51. The Labute approximate surface area is 185 Å². The third kappa shape index (κ3) is 2.95. The van der Waals surface area contributed by atoms with Crippen molar-refractivity contribution in [1.29, 1.82) is 0 Å². The first-order chi connectivity index (χ1) is 15.3. The average molecular weight is 415 g/mol. The lowest BCUT2D eigenvalue weighted by molar-refractivity contribution is 0.0977. The molecule has 2 saturated heterocycles. The fourth-order valence-corrected chi connectivity index (χ4v) is 6.62. The second-order valence-corrected chi connectivity index (χ2v) is 9.43. The molecule has 0 spiro atoms. The second-order valence-electron chi connectivity index (χ2n) is 9.43. The first-order valence-corrected chi connectivity index (χ1v) is 12.3. The van der Waals surface area contributed by atoms with Gasteiger partial charge < -0.3 is 9.88 Å². The van der Waals surface area contributed by atoms with Crippen LogP contribution in [0.4, 0.5) is 5.69 Å². The minimum absolute atomic E-state index is 0.403. The molecule has 2 fully saturated rings. The first-order valence-electron chi connectivity index (χ1n) is 12.3. The molecule has 3 atom stereocenters. The largest absolute Gasteiger partial charge is 0.372 e. The molecule has 0 aliphatic carbocycles. The van der Waals surface area contributed by atoms with E-state index in [1.165, 1.54) is 53.7 Å². The number of fused-ring (bicyclic) bond motifs is 7. The summed E-state index contributed by atoms with van der Waals surface area (Å²) in [6, 6.07) is 19.5. The number of benzene rings is 2. The van der Waals surface area contributed by atoms with E-state index in [1.54, 1.807) is 5.56 Å². The Balaban J connectivity index is 1.40. The van der Waals surface area contributed by atoms with Crippen molar-refractivity contribution in [3.63, 3.8) is 0 Å². The van der Waals surface area contributed by atoms with E-state index in [1.807, 2.05) is 0 Å². The zero-order valence-corrected chi connectivity index (χ0v) is 18.8. The summed E-state index contributed by atoms with van der Waals surface area (Å²) in [5, 5.41) is 1.44. The molecule has 0 radical (unpaired) electrons. The quantitative estimate of drug-likeness (QED) is 0.612. The third-order valence-corrected chi connectivity index (χ3v) is 8.02. The lowest BCUT2D eigenvalue weighted by Gasteiger charge is -2.35. The molecule has 6 rings (SSSR count). The number of aromatic nitrogens is 1. The number of rotatable bonds is 4. The molecule has 4 heteroatoms. The van der Waals surface area contributed by atoms with Gasteiger partial charge in [0.25, 0.3) is 0 Å². The van der Waals surface area contributed by atoms with Crippen LogP contribution in [0.2, 0.25) is 0 Å². The fraction of sp³-hybridized carbons (Fsp3) is 0.481. The molecular formula is C27H34N4. The van der Waals surface area contributed by atoms with Gasteiger partial charge in [0.05, 0.1) is 12.2 Å². The van der Waals surface area contributed by atoms with E-state index >= 15 is 0 Å². The van der Waals surface area contributed by atoms with Crippen molar-refractivity contribution in [2.45, 2.75) is 57.8 Å². The van der Waals surface area contributed by atoms with Crippen LogP contribution < -0.4 is 4.90 Å². The van der Waals surface area contributed by atoms with Crippen LogP contribution in [0.1, 0.15) is 62.1 Å². The van der Waals surface area contributed by atoms with Crippen LogP contribution in [0.25, 0.3) is 10.9 Å². The summed E-state index contributed by atoms with van der Waals surface area (Å²) in [5.74, 6) is 0. The lowest BCUT2D eigenvalue weighted by atomic mass is 9.90. The molecule has 3 aliphatic rings. The predicted octanol–water partition coefficient (Wildman–Crippen LogP) is 5.48. The third-order valence-electron chi connectivity index (χ3n) is 8.02. The SMILES string of the molecule is CCN(CC)c1ccc(C2N3CCCCC3[C@@H]3c4[nH]c5ccccc5c4CCN23)cc1. The molecule has 3 aromatic rings. The Kier molecular flexibility index (Phi) is 4.81. The summed E-state index contributed by atoms with van der Waals surface area (Å²) in [7, 11) is 0. The van der Waals surface area contributed by atoms with Crippen LogP contribution in [0.15, 0.2) is 48.5 Å². The van der Waals surface area contributed by atoms with Crippen LogP contribution in [-0.2, 0) is 6.42 Å². The molecule has 31 heavy (non-hydrogen) atoms. The maximum absolute atomic E-state index is 3.86. The van der Waals surface area contributed by atoms with Crippen LogP contribution >= 0.6 is 0 Å². The van der Waals surface area contributed by atoms with Crippen LogP contribution in [0.5, 0.6) is 0 Å². The topological polar surface area (TPSA) is 25.5 Å². The molecule has 0 saturated carbocycles. The molecule has 0 bridgehead atoms. The zero-order valence-electron chi connectivity index (χ0n) is 18.8. The number of nitrogens with zero attached hydrogens (tertiary/aromatic N) is 3. The standard InChI is InChI=1S/C27H34N4/c1-3-29(4-2)20-14-12-19(13-15-20)27-30-17-8-7-11-24(30)26-25-22(16-18-31(26)27)21-9-5-6-10-23(21)28-25/h5-6,9-10,12-15,24,26-28H,3-4,7-8,11,16-18H2,1-2H3/t24?,26-,27?/m1/s1. The van der Waals surface area contributed by atoms with Gasteiger partial charge in [-0.1, -0.05) is 36.8 Å². The molecule has 0 amide bonds. The van der Waals surface area contributed by atoms with Gasteiger partial charge in [-0.15, -0.1) is 0 Å². The maximum atomic E-state index is 3.86. The first kappa shape index (κ1) is 19.4. The second kappa shape index (κ2) is 7.68. The number of hydrogen-bond donors (Lipinski definition) is 1. The van der Waals surface area contributed by atoms with Gasteiger partial charge >= 0.3 is 0 Å². The summed E-state index contributed by atoms with van der Waals surface area (Å²) in [4.78, 5) is 11.9. The molecule has 4 nitrogen and oxygen atoms in total. The maximum Gasteiger partial charge on any atom is 0.0895 e. The van der Waals surface area contributed by atoms with E-state index in [9.17, 15) is 0 Å². The molecule has 162 valence electrons. The van der Waals surface area contributed by atoms with Gasteiger partial charge in [0, 0.05) is 54.5 Å². The van der Waals surface area contributed by atoms with Crippen LogP contribution in [0.3, 0.4) is 0 Å². The molecule has 1 N–H and O–H groups in total. The van der Waals surface area contributed by atoms with E-state index < -0.39 is 0 Å². The van der Waals surface area contributed by atoms with Crippen molar-refractivity contribution in [2.75, 3.05) is 31.1 Å². The fourth-order valence-electron chi connectivity index (χ4n) is 6.62. The summed E-state index contributed by atoms with van der Waals surface area (Å²) >= 11 is 0. The minimum Gasteiger partial charge on any atom is -0.372 e. The van der Waals surface area contributed by atoms with Gasteiger partial charge in [0.1, 0.15) is 0 Å². The number of para-hydroxylation sites is 1. The number of anilines is 1. The molecular weight excluding hydrogens is 380 g/mol. The van der Waals surface area contributed by atoms with Crippen LogP contribution in [-0.4, -0.2) is 47.0 Å². The highest BCUT2D eigenvalue weighted by Crippen LogP contribution is 2.51. The summed E-state index contributed by atoms with van der Waals surface area (Å²) in [6.07, 6.45) is 5.54. The number of hydrogen-bond acceptors (Lipinski definition) is 3. The van der Waals surface area contributed by atoms with E-state index in [0.29, 0.717) is 18.2 Å². The van der Waals surface area contributed by atoms with E-state index in [-0.39, 0.29) is 0 Å². The Morgan fingerprint density at radius 1 is 0.935 bits per heavy atom. The predicted molar refractivity (Wildman–Crippen MR) is 129 cm³/mol. The van der Waals surface area contributed by atoms with Gasteiger partial charge in [-0.25, -0.2) is 0 Å². The van der Waals surface area contributed by atoms with E-state index in [2.05, 4.69) is 82.1 Å². The Morgan fingerprint density at radius 2 is 1.74 bits per heavy atom. The number of aromatic amines is 1. The Hall–Kier alpha value is -2.30. The molecule has 3 aliphatic heterocycles. The van der Waals surface area contributed by atoms with E-state index in [0.717, 1.165) is 26.1 Å². The number of nitrogens with one attached hydrogen (secondary N) is 1. The van der Waals surface area contributed by atoms with Crippen molar-refractivity contribution in [2.24, 2.45) is 0 Å². The Morgan fingerprint density at radius 3 is 2.55 bits per heavy atom. The minimum atomic E-state index is 0.403. The highest BCUT2D eigenvalue weighted by molar-refractivity contribution is 5.85. The van der Waals surface area contributed by atoms with Crippen molar-refractivity contribution in [1.82, 2.24) is 14.8 Å². The van der Waals surface area contributed by atoms with Gasteiger partial charge in [-0.2, -0.15) is 0 Å². The van der Waals surface area contributed by atoms with Gasteiger partial charge in [-0.05, 0) is 62.4 Å². The summed E-state index contributed by atoms with van der Waals surface area (Å²) in [6.45, 7) is 8.96. The smallest absolute Gasteiger partial charge is 0.0895 e. The van der Waals surface area contributed by atoms with Gasteiger partial charge in [0.15, 0.2) is 0 Å². The van der Waals surface area contributed by atoms with Crippen molar-refractivity contribution in [3.8, 4) is 0 Å². The molecule has 1 aromatic heterocycles. The monoisotopic (exact) mass is 414 g/mol. The molecule has 2 unspecified atom stereocenters. The highest BCUT2D eigenvalue weighted by atomic mass is 15.5. The number of H-pyrrole nitrogens is 1. The van der Waals surface area contributed by atoms with Crippen molar-refractivity contribution in [3.05, 3.63) is 65.4 Å². The summed E-state index contributed by atoms with van der Waals surface area (Å²) in [5.41, 5.74) is 7.18. The zero-order chi connectivity index (χ0) is 20.9. The van der Waals surface area contributed by atoms with E-state index in [4.69, 9.17) is 0 Å². The van der Waals surface area contributed by atoms with Gasteiger partial charge in [0.2, 0.25) is 0 Å². The van der Waals surface area contributed by atoms with Crippen LogP contribution in [0, 0.1) is 0 Å². The Bertz CT molecular complexity index is 1060. The lowest BCUT2D eigenvalue weighted by Crippen LogP contribution is -2.38. The normalized spacial score (nSPS) is 25.9. The summed E-state index contributed by atoms with van der Waals surface area (Å²) < 4.78 is 0. The van der Waals surface area contributed by atoms with Gasteiger partial charge in [-0.3, -0.25) is 9.80 Å². The molecule has 4 heterocycles. The molecule has 2 aromatic carbocycles.